The number of aromatic hydroxyl groups is 3. The molecule has 18 heteroatoms. The van der Waals surface area contributed by atoms with E-state index in [4.69, 9.17) is 19.2 Å². The van der Waals surface area contributed by atoms with Crippen LogP contribution in [-0.4, -0.2) is 120 Å². The van der Waals surface area contributed by atoms with Crippen LogP contribution in [0.2, 0.25) is 0 Å². The lowest BCUT2D eigenvalue weighted by Crippen LogP contribution is -2.43. The molecule has 1 fully saturated rings. The monoisotopic (exact) mass is 1030 g/mol. The molecule has 1 saturated heterocycles. The standard InChI is InChI=1S/C58H62N8O10/c1-9-58(6,46-27-48-52-37(29-65(48)34(5)45(46)31-74-32-67)25-42-44(30-63(7)8)49(68)20-19-47(42)60-52)76-57(73)36-21-23-64(24-22-36)56(72)35-11-15-39(16-12-35)75-40-17-13-38(14-18-40)66-53(61-62-54(66)55(71)59-10-2)43-26-41(33(3)4)50(69)28-51(43)70/h11-20,25-28,32-33,36,68-70H,5,9-10,21-24,29-31H2,1-4,6-8H3,(H,59,71). The number of fused-ring (bicyclic) bond motifs is 4. The second kappa shape index (κ2) is 21.4. The van der Waals surface area contributed by atoms with Gasteiger partial charge in [0.1, 0.15) is 41.0 Å². The van der Waals surface area contributed by atoms with Gasteiger partial charge in [0.05, 0.1) is 34.9 Å². The Morgan fingerprint density at radius 1 is 0.921 bits per heavy atom. The van der Waals surface area contributed by atoms with E-state index in [9.17, 15) is 34.5 Å². The number of phenolic OH excluding ortho intramolecular Hbond substituents is 3. The molecule has 6 aromatic rings. The molecule has 2 aromatic heterocycles. The van der Waals surface area contributed by atoms with Crippen molar-refractivity contribution < 1.29 is 48.7 Å². The molecule has 3 aliphatic heterocycles. The van der Waals surface area contributed by atoms with E-state index in [-0.39, 0.29) is 58.9 Å². The van der Waals surface area contributed by atoms with Crippen molar-refractivity contribution in [3.63, 3.8) is 0 Å². The van der Waals surface area contributed by atoms with Crippen LogP contribution < -0.4 is 10.1 Å². The van der Waals surface area contributed by atoms with Crippen molar-refractivity contribution in [2.24, 2.45) is 5.92 Å². The Kier molecular flexibility index (Phi) is 14.7. The molecule has 18 nitrogen and oxygen atoms in total. The summed E-state index contributed by atoms with van der Waals surface area (Å²) in [5.41, 5.74) is 6.60. The largest absolute Gasteiger partial charge is 0.508 e. The second-order valence-electron chi connectivity index (χ2n) is 20.0. The number of carbonyl (C=O) groups excluding carboxylic acids is 4. The SMILES string of the molecule is C=C1C(COC=O)=C(C(C)(CC)OC(=O)C2CCN(C(=O)c3ccc(Oc4ccc(-n5c(C(=O)NCC)nnc5-c5cc(C(C)C)c(O)cc5O)cc4)cc3)CC2)C=C2c3nc4ccc(O)c(CN(C)C)c4cc3CN12. The number of amides is 2. The van der Waals surface area contributed by atoms with Crippen molar-refractivity contribution in [2.75, 3.05) is 40.3 Å². The number of pyridine rings is 1. The minimum atomic E-state index is -1.14. The number of likely N-dealkylation sites (tertiary alicyclic amines) is 1. The Balaban J connectivity index is 0.860. The van der Waals surface area contributed by atoms with Crippen LogP contribution in [0.4, 0.5) is 0 Å². The van der Waals surface area contributed by atoms with Gasteiger partial charge in [0.15, 0.2) is 5.82 Å². The van der Waals surface area contributed by atoms with Gasteiger partial charge in [-0.3, -0.25) is 23.7 Å². The molecule has 1 atom stereocenters. The van der Waals surface area contributed by atoms with Crippen LogP contribution in [0.15, 0.2) is 108 Å². The highest BCUT2D eigenvalue weighted by Gasteiger charge is 2.42. The van der Waals surface area contributed by atoms with E-state index in [0.717, 1.165) is 33.4 Å². The van der Waals surface area contributed by atoms with Gasteiger partial charge in [0.2, 0.25) is 5.82 Å². The van der Waals surface area contributed by atoms with Crippen molar-refractivity contribution in [3.8, 4) is 45.8 Å². The average molecular weight is 1030 g/mol. The zero-order valence-corrected chi connectivity index (χ0v) is 43.7. The molecule has 0 bridgehead atoms. The van der Waals surface area contributed by atoms with Gasteiger partial charge < -0.3 is 49.5 Å². The van der Waals surface area contributed by atoms with Gasteiger partial charge in [-0.15, -0.1) is 10.2 Å². The summed E-state index contributed by atoms with van der Waals surface area (Å²) in [7, 11) is 3.89. The fourth-order valence-electron chi connectivity index (χ4n) is 10.1. The number of piperidine rings is 1. The van der Waals surface area contributed by atoms with E-state index in [1.54, 1.807) is 78.6 Å². The molecule has 394 valence electrons. The Morgan fingerprint density at radius 2 is 1.62 bits per heavy atom. The fourth-order valence-corrected chi connectivity index (χ4v) is 10.1. The zero-order chi connectivity index (χ0) is 54.2. The molecule has 4 N–H and O–H groups in total. The highest BCUT2D eigenvalue weighted by Crippen LogP contribution is 2.47. The molecular weight excluding hydrogens is 969 g/mol. The van der Waals surface area contributed by atoms with Crippen molar-refractivity contribution in [3.05, 3.63) is 142 Å². The van der Waals surface area contributed by atoms with E-state index >= 15 is 0 Å². The Labute approximate surface area is 440 Å². The molecule has 9 rings (SSSR count). The van der Waals surface area contributed by atoms with Crippen molar-refractivity contribution in [2.45, 2.75) is 78.5 Å². The maximum absolute atomic E-state index is 14.2. The Morgan fingerprint density at radius 3 is 2.26 bits per heavy atom. The van der Waals surface area contributed by atoms with E-state index in [1.807, 2.05) is 57.7 Å². The van der Waals surface area contributed by atoms with Crippen LogP contribution in [0.25, 0.3) is 33.7 Å². The Bertz CT molecular complexity index is 3340. The van der Waals surface area contributed by atoms with Crippen LogP contribution in [0.1, 0.15) is 103 Å². The number of aromatic nitrogens is 4. The topological polar surface area (TPSA) is 222 Å². The third-order valence-electron chi connectivity index (χ3n) is 14.4. The lowest BCUT2D eigenvalue weighted by Gasteiger charge is -2.39. The molecule has 0 saturated carbocycles. The van der Waals surface area contributed by atoms with Crippen LogP contribution in [0.3, 0.4) is 0 Å². The van der Waals surface area contributed by atoms with E-state index in [2.05, 4.69) is 28.2 Å². The van der Waals surface area contributed by atoms with E-state index < -0.39 is 17.4 Å². The minimum Gasteiger partial charge on any atom is -0.508 e. The number of phenols is 3. The summed E-state index contributed by atoms with van der Waals surface area (Å²) < 4.78 is 19.5. The second-order valence-corrected chi connectivity index (χ2v) is 20.0. The number of carbonyl (C=O) groups is 4. The van der Waals surface area contributed by atoms with Gasteiger partial charge in [-0.2, -0.15) is 0 Å². The van der Waals surface area contributed by atoms with Gasteiger partial charge in [-0.25, -0.2) is 4.98 Å². The maximum atomic E-state index is 14.2. The third kappa shape index (κ3) is 10.1. The first-order chi connectivity index (χ1) is 36.4. The molecule has 0 radical (unpaired) electrons. The summed E-state index contributed by atoms with van der Waals surface area (Å²) in [6, 6.07) is 22.1. The quantitative estimate of drug-likeness (QED) is 0.0495. The fraction of sp³-hybridized carbons (Fsp3) is 0.328. The minimum absolute atomic E-state index is 0.00191. The van der Waals surface area contributed by atoms with Crippen LogP contribution in [0, 0.1) is 5.92 Å². The maximum Gasteiger partial charge on any atom is 0.309 e. The Hall–Kier alpha value is -8.51. The van der Waals surface area contributed by atoms with Crippen LogP contribution >= 0.6 is 0 Å². The number of hydrogen-bond donors (Lipinski definition) is 4. The summed E-state index contributed by atoms with van der Waals surface area (Å²) in [5, 5.41) is 44.3. The predicted molar refractivity (Wildman–Crippen MR) is 285 cm³/mol. The molecule has 76 heavy (non-hydrogen) atoms. The first kappa shape index (κ1) is 52.4. The summed E-state index contributed by atoms with van der Waals surface area (Å²) in [5.74, 6) is -0.485. The van der Waals surface area contributed by atoms with E-state index in [1.165, 1.54) is 10.6 Å². The van der Waals surface area contributed by atoms with Gasteiger partial charge in [-0.1, -0.05) is 27.4 Å². The summed E-state index contributed by atoms with van der Waals surface area (Å²) in [6.45, 7) is 16.2. The van der Waals surface area contributed by atoms with Crippen molar-refractivity contribution in [1.29, 1.82) is 0 Å². The third-order valence-corrected chi connectivity index (χ3v) is 14.4. The van der Waals surface area contributed by atoms with Gasteiger partial charge in [0.25, 0.3) is 18.3 Å². The molecule has 2 amide bonds. The number of esters is 1. The first-order valence-electron chi connectivity index (χ1n) is 25.4. The van der Waals surface area contributed by atoms with Gasteiger partial charge in [-0.05, 0) is 138 Å². The average Bonchev–Trinajstić information content (AvgIpc) is 4.09. The molecule has 1 unspecified atom stereocenters. The van der Waals surface area contributed by atoms with E-state index in [0.29, 0.717) is 104 Å². The predicted octanol–water partition coefficient (Wildman–Crippen LogP) is 8.74. The molecule has 5 heterocycles. The molecule has 0 aliphatic carbocycles. The van der Waals surface area contributed by atoms with Crippen molar-refractivity contribution in [1.82, 2.24) is 39.8 Å². The number of hydrogen-bond acceptors (Lipinski definition) is 15. The smallest absolute Gasteiger partial charge is 0.309 e. The number of rotatable bonds is 17. The normalized spacial score (nSPS) is 15.4. The lowest BCUT2D eigenvalue weighted by molar-refractivity contribution is -0.161. The summed E-state index contributed by atoms with van der Waals surface area (Å²) in [4.78, 5) is 63.5. The molecule has 4 aromatic carbocycles. The molecule has 0 spiro atoms. The highest BCUT2D eigenvalue weighted by atomic mass is 16.6. The molecule has 3 aliphatic rings. The highest BCUT2D eigenvalue weighted by molar-refractivity contribution is 5.95. The van der Waals surface area contributed by atoms with Gasteiger partial charge >= 0.3 is 5.97 Å². The summed E-state index contributed by atoms with van der Waals surface area (Å²) >= 11 is 0. The molecular formula is C58H62N8O10. The first-order valence-corrected chi connectivity index (χ1v) is 25.4. The summed E-state index contributed by atoms with van der Waals surface area (Å²) in [6.07, 6.45) is 3.16. The number of ether oxygens (including phenoxy) is 3. The number of nitrogens with one attached hydrogen (secondary N) is 1. The van der Waals surface area contributed by atoms with Crippen LogP contribution in [0.5, 0.6) is 28.7 Å². The number of nitrogens with zero attached hydrogens (tertiary/aromatic N) is 7. The lowest BCUT2D eigenvalue weighted by atomic mass is 9.84. The number of benzene rings is 4. The van der Waals surface area contributed by atoms with Crippen LogP contribution in [-0.2, 0) is 32.2 Å². The van der Waals surface area contributed by atoms with Gasteiger partial charge in [0, 0.05) is 76.9 Å². The zero-order valence-electron chi connectivity index (χ0n) is 43.7. The van der Waals surface area contributed by atoms with Crippen molar-refractivity contribution >= 4 is 40.9 Å².